The molecule has 1 amide bonds. The van der Waals surface area contributed by atoms with Gasteiger partial charge in [-0.3, -0.25) is 4.79 Å². The molecule has 2 rings (SSSR count). The van der Waals surface area contributed by atoms with Crippen LogP contribution in [0.2, 0.25) is 0 Å². The molecule has 112 valence electrons. The maximum Gasteiger partial charge on any atom is 0.238 e. The van der Waals surface area contributed by atoms with Gasteiger partial charge < -0.3 is 9.73 Å². The third-order valence-electron chi connectivity index (χ3n) is 3.41. The minimum Gasteiger partial charge on any atom is -0.469 e. The Balaban J connectivity index is 1.94. The quantitative estimate of drug-likeness (QED) is 0.870. The van der Waals surface area contributed by atoms with Gasteiger partial charge in [0.25, 0.3) is 0 Å². The monoisotopic (exact) mass is 300 g/mol. The van der Waals surface area contributed by atoms with Crippen molar-refractivity contribution in [2.24, 2.45) is 0 Å². The number of hydrogen-bond donors (Lipinski definition) is 1. The van der Waals surface area contributed by atoms with Gasteiger partial charge in [-0.25, -0.2) is 8.42 Å². The maximum atomic E-state index is 12.2. The first-order valence-electron chi connectivity index (χ1n) is 6.67. The number of rotatable bonds is 5. The molecule has 2 atom stereocenters. The molecule has 0 bridgehead atoms. The Kier molecular flexibility index (Phi) is 4.49. The minimum absolute atomic E-state index is 0.101. The van der Waals surface area contributed by atoms with E-state index in [-0.39, 0.29) is 11.9 Å². The summed E-state index contributed by atoms with van der Waals surface area (Å²) in [4.78, 5) is 12.2. The second-order valence-electron chi connectivity index (χ2n) is 5.22. The fraction of sp³-hybridized carbons (Fsp3) is 0.615. The standard InChI is InChI=1S/C13H20N2O4S/c1-10(9-11-5-4-8-19-11)14-13(16)12-6-3-7-15(12)20(2,17)18/h4-5,8,10,12H,3,6-7,9H2,1-2H3,(H,14,16)/t10-,12-/m1/s1. The first kappa shape index (κ1) is 15.1. The van der Waals surface area contributed by atoms with Crippen LogP contribution in [0.3, 0.4) is 0 Å². The number of carbonyl (C=O) groups excluding carboxylic acids is 1. The Hall–Kier alpha value is -1.34. The van der Waals surface area contributed by atoms with E-state index in [1.807, 2.05) is 13.0 Å². The van der Waals surface area contributed by atoms with E-state index >= 15 is 0 Å². The molecular weight excluding hydrogens is 280 g/mol. The lowest BCUT2D eigenvalue weighted by molar-refractivity contribution is -0.124. The second kappa shape index (κ2) is 5.97. The molecule has 1 aliphatic rings. The normalized spacial score (nSPS) is 21.8. The van der Waals surface area contributed by atoms with Gasteiger partial charge >= 0.3 is 0 Å². The van der Waals surface area contributed by atoms with E-state index in [1.54, 1.807) is 12.3 Å². The van der Waals surface area contributed by atoms with Gasteiger partial charge in [-0.15, -0.1) is 0 Å². The third kappa shape index (κ3) is 3.61. The Morgan fingerprint density at radius 3 is 2.95 bits per heavy atom. The fourth-order valence-electron chi connectivity index (χ4n) is 2.52. The molecule has 0 unspecified atom stereocenters. The lowest BCUT2D eigenvalue weighted by atomic mass is 10.1. The number of carbonyl (C=O) groups is 1. The van der Waals surface area contributed by atoms with Crippen molar-refractivity contribution in [3.05, 3.63) is 24.2 Å². The summed E-state index contributed by atoms with van der Waals surface area (Å²) in [7, 11) is -3.33. The van der Waals surface area contributed by atoms with Crippen molar-refractivity contribution in [3.8, 4) is 0 Å². The molecule has 0 radical (unpaired) electrons. The molecule has 2 heterocycles. The van der Waals surface area contributed by atoms with Crippen LogP contribution in [0.15, 0.2) is 22.8 Å². The molecule has 1 fully saturated rings. The summed E-state index contributed by atoms with van der Waals surface area (Å²) in [6.45, 7) is 2.30. The van der Waals surface area contributed by atoms with Crippen molar-refractivity contribution in [1.82, 2.24) is 9.62 Å². The van der Waals surface area contributed by atoms with Gasteiger partial charge in [-0.05, 0) is 31.9 Å². The molecule has 1 aliphatic heterocycles. The number of furan rings is 1. The van der Waals surface area contributed by atoms with Crippen molar-refractivity contribution < 1.29 is 17.6 Å². The molecule has 0 spiro atoms. The van der Waals surface area contributed by atoms with Crippen LogP contribution in [-0.2, 0) is 21.2 Å². The van der Waals surface area contributed by atoms with Gasteiger partial charge in [0.1, 0.15) is 11.8 Å². The largest absolute Gasteiger partial charge is 0.469 e. The van der Waals surface area contributed by atoms with Gasteiger partial charge in [-0.2, -0.15) is 4.31 Å². The molecular formula is C13H20N2O4S. The maximum absolute atomic E-state index is 12.2. The first-order valence-corrected chi connectivity index (χ1v) is 8.52. The topological polar surface area (TPSA) is 79.6 Å². The van der Waals surface area contributed by atoms with E-state index in [2.05, 4.69) is 5.32 Å². The Labute approximate surface area is 119 Å². The van der Waals surface area contributed by atoms with Crippen LogP contribution in [-0.4, -0.2) is 43.5 Å². The lowest BCUT2D eigenvalue weighted by Crippen LogP contribution is -2.48. The second-order valence-corrected chi connectivity index (χ2v) is 7.16. The molecule has 20 heavy (non-hydrogen) atoms. The Morgan fingerprint density at radius 2 is 2.35 bits per heavy atom. The van der Waals surface area contributed by atoms with Crippen LogP contribution in [0.25, 0.3) is 0 Å². The number of hydrogen-bond acceptors (Lipinski definition) is 4. The van der Waals surface area contributed by atoms with Crippen LogP contribution < -0.4 is 5.32 Å². The predicted molar refractivity (Wildman–Crippen MR) is 74.6 cm³/mol. The zero-order valence-corrected chi connectivity index (χ0v) is 12.5. The highest BCUT2D eigenvalue weighted by Crippen LogP contribution is 2.20. The zero-order chi connectivity index (χ0) is 14.8. The van der Waals surface area contributed by atoms with Crippen LogP contribution >= 0.6 is 0 Å². The molecule has 0 aromatic carbocycles. The summed E-state index contributed by atoms with van der Waals surface area (Å²) in [5.74, 6) is 0.566. The van der Waals surface area contributed by atoms with E-state index in [4.69, 9.17) is 4.42 Å². The Morgan fingerprint density at radius 1 is 1.60 bits per heavy atom. The molecule has 7 heteroatoms. The summed E-state index contributed by atoms with van der Waals surface area (Å²) in [5.41, 5.74) is 0. The van der Waals surface area contributed by atoms with Crippen molar-refractivity contribution >= 4 is 15.9 Å². The van der Waals surface area contributed by atoms with E-state index in [1.165, 1.54) is 4.31 Å². The van der Waals surface area contributed by atoms with E-state index in [9.17, 15) is 13.2 Å². The molecule has 1 N–H and O–H groups in total. The van der Waals surface area contributed by atoms with Crippen molar-refractivity contribution in [2.45, 2.75) is 38.3 Å². The highest BCUT2D eigenvalue weighted by molar-refractivity contribution is 7.88. The summed E-state index contributed by atoms with van der Waals surface area (Å²) < 4.78 is 29.8. The van der Waals surface area contributed by atoms with Crippen LogP contribution in [0.5, 0.6) is 0 Å². The minimum atomic E-state index is -3.33. The van der Waals surface area contributed by atoms with Crippen LogP contribution in [0.1, 0.15) is 25.5 Å². The van der Waals surface area contributed by atoms with E-state index in [0.29, 0.717) is 19.4 Å². The summed E-state index contributed by atoms with van der Waals surface area (Å²) >= 11 is 0. The highest BCUT2D eigenvalue weighted by Gasteiger charge is 2.36. The fourth-order valence-corrected chi connectivity index (χ4v) is 3.64. The molecule has 6 nitrogen and oxygen atoms in total. The number of nitrogens with one attached hydrogen (secondary N) is 1. The van der Waals surface area contributed by atoms with E-state index < -0.39 is 16.1 Å². The van der Waals surface area contributed by atoms with Gasteiger partial charge in [0.2, 0.25) is 15.9 Å². The number of amides is 1. The van der Waals surface area contributed by atoms with Crippen LogP contribution in [0, 0.1) is 0 Å². The molecule has 1 aromatic heterocycles. The van der Waals surface area contributed by atoms with Gasteiger partial charge in [-0.1, -0.05) is 0 Å². The smallest absolute Gasteiger partial charge is 0.238 e. The number of sulfonamides is 1. The lowest BCUT2D eigenvalue weighted by Gasteiger charge is -2.23. The van der Waals surface area contributed by atoms with Crippen molar-refractivity contribution in [2.75, 3.05) is 12.8 Å². The third-order valence-corrected chi connectivity index (χ3v) is 4.70. The van der Waals surface area contributed by atoms with E-state index in [0.717, 1.165) is 18.4 Å². The molecule has 1 saturated heterocycles. The first-order chi connectivity index (χ1) is 9.38. The summed E-state index contributed by atoms with van der Waals surface area (Å²) in [6, 6.07) is 2.97. The SMILES string of the molecule is C[C@H](Cc1ccco1)NC(=O)[C@H]1CCCN1S(C)(=O)=O. The van der Waals surface area contributed by atoms with Crippen molar-refractivity contribution in [3.63, 3.8) is 0 Å². The molecule has 1 aromatic rings. The Bertz CT molecular complexity index is 553. The van der Waals surface area contributed by atoms with Gasteiger partial charge in [0.05, 0.1) is 12.5 Å². The molecule has 0 saturated carbocycles. The van der Waals surface area contributed by atoms with Crippen molar-refractivity contribution in [1.29, 1.82) is 0 Å². The zero-order valence-electron chi connectivity index (χ0n) is 11.7. The summed E-state index contributed by atoms with van der Waals surface area (Å²) in [5, 5.41) is 2.86. The highest BCUT2D eigenvalue weighted by atomic mass is 32.2. The number of nitrogens with zero attached hydrogens (tertiary/aromatic N) is 1. The summed E-state index contributed by atoms with van der Waals surface area (Å²) in [6.07, 6.45) is 4.62. The van der Waals surface area contributed by atoms with Gasteiger partial charge in [0.15, 0.2) is 0 Å². The average molecular weight is 300 g/mol. The molecule has 0 aliphatic carbocycles. The van der Waals surface area contributed by atoms with Crippen LogP contribution in [0.4, 0.5) is 0 Å². The average Bonchev–Trinajstić information content (AvgIpc) is 2.96. The van der Waals surface area contributed by atoms with Gasteiger partial charge in [0, 0.05) is 19.0 Å². The predicted octanol–water partition coefficient (Wildman–Crippen LogP) is 0.751.